The molecule has 0 radical (unpaired) electrons. The number of benzene rings is 1. The second-order valence-electron chi connectivity index (χ2n) is 6.68. The van der Waals surface area contributed by atoms with E-state index in [0.717, 1.165) is 41.7 Å². The number of aryl methyl sites for hydroxylation is 1. The molecule has 2 aromatic rings. The second kappa shape index (κ2) is 6.71. The first-order chi connectivity index (χ1) is 11.0. The minimum Gasteiger partial charge on any atom is -0.393 e. The molecule has 0 spiro atoms. The summed E-state index contributed by atoms with van der Waals surface area (Å²) >= 11 is 0. The second-order valence-corrected chi connectivity index (χ2v) is 6.68. The smallest absolute Gasteiger partial charge is 0.225 e. The number of H-pyrrole nitrogens is 1. The van der Waals surface area contributed by atoms with E-state index in [2.05, 4.69) is 23.0 Å². The van der Waals surface area contributed by atoms with Crippen molar-refractivity contribution in [1.82, 2.24) is 14.9 Å². The largest absolute Gasteiger partial charge is 0.393 e. The zero-order chi connectivity index (χ0) is 16.4. The van der Waals surface area contributed by atoms with Crippen molar-refractivity contribution in [2.75, 3.05) is 13.6 Å². The first-order valence-electron chi connectivity index (χ1n) is 8.42. The summed E-state index contributed by atoms with van der Waals surface area (Å²) in [7, 11) is 1.84. The SMILES string of the molecule is Cc1cccc2[nH]c(CCN(C)C(=O)[C@H]3CCC[C@H](O)C3)nc12. The fourth-order valence-corrected chi connectivity index (χ4v) is 3.43. The van der Waals surface area contributed by atoms with Gasteiger partial charge in [0.15, 0.2) is 0 Å². The number of carbonyl (C=O) groups excluding carboxylic acids is 1. The van der Waals surface area contributed by atoms with E-state index in [9.17, 15) is 9.90 Å². The molecule has 5 heteroatoms. The number of hydrogen-bond acceptors (Lipinski definition) is 3. The normalized spacial score (nSPS) is 21.5. The van der Waals surface area contributed by atoms with Crippen LogP contribution in [0.1, 0.15) is 37.1 Å². The molecule has 0 unspecified atom stereocenters. The fraction of sp³-hybridized carbons (Fsp3) is 0.556. The summed E-state index contributed by atoms with van der Waals surface area (Å²) in [6.07, 6.45) is 3.66. The molecule has 1 saturated carbocycles. The van der Waals surface area contributed by atoms with Crippen molar-refractivity contribution < 1.29 is 9.90 Å². The van der Waals surface area contributed by atoms with Crippen LogP contribution in [-0.4, -0.2) is 45.6 Å². The number of amides is 1. The summed E-state index contributed by atoms with van der Waals surface area (Å²) in [5.74, 6) is 1.04. The number of carbonyl (C=O) groups is 1. The lowest BCUT2D eigenvalue weighted by Gasteiger charge is -2.28. The van der Waals surface area contributed by atoms with Crippen LogP contribution in [0.3, 0.4) is 0 Å². The quantitative estimate of drug-likeness (QED) is 0.910. The maximum Gasteiger partial charge on any atom is 0.225 e. The van der Waals surface area contributed by atoms with Crippen molar-refractivity contribution in [3.63, 3.8) is 0 Å². The monoisotopic (exact) mass is 315 g/mol. The predicted molar refractivity (Wildman–Crippen MR) is 90.1 cm³/mol. The van der Waals surface area contributed by atoms with E-state index in [0.29, 0.717) is 19.4 Å². The topological polar surface area (TPSA) is 69.2 Å². The summed E-state index contributed by atoms with van der Waals surface area (Å²) in [6, 6.07) is 6.10. The Bertz CT molecular complexity index is 695. The van der Waals surface area contributed by atoms with Crippen molar-refractivity contribution in [2.24, 2.45) is 5.92 Å². The highest BCUT2D eigenvalue weighted by Gasteiger charge is 2.28. The number of aromatic amines is 1. The van der Waals surface area contributed by atoms with Gasteiger partial charge in [-0.25, -0.2) is 4.98 Å². The van der Waals surface area contributed by atoms with E-state index in [4.69, 9.17) is 0 Å². The van der Waals surface area contributed by atoms with Gasteiger partial charge in [0, 0.05) is 25.9 Å². The lowest BCUT2D eigenvalue weighted by molar-refractivity contribution is -0.136. The number of hydrogen-bond donors (Lipinski definition) is 2. The average Bonchev–Trinajstić information content (AvgIpc) is 2.96. The lowest BCUT2D eigenvalue weighted by atomic mass is 9.86. The van der Waals surface area contributed by atoms with Gasteiger partial charge in [-0.2, -0.15) is 0 Å². The molecule has 1 aromatic heterocycles. The van der Waals surface area contributed by atoms with Crippen LogP contribution in [0.15, 0.2) is 18.2 Å². The third-order valence-electron chi connectivity index (χ3n) is 4.82. The third-order valence-corrected chi connectivity index (χ3v) is 4.82. The molecule has 0 bridgehead atoms. The molecule has 0 aliphatic heterocycles. The standard InChI is InChI=1S/C18H25N3O2/c1-12-5-3-8-15-17(12)20-16(19-15)9-10-21(2)18(23)13-6-4-7-14(22)11-13/h3,5,8,13-14,22H,4,6-7,9-11H2,1-2H3,(H,19,20)/t13-,14-/m0/s1. The predicted octanol–water partition coefficient (Wildman–Crippen LogP) is 2.42. The molecule has 1 aromatic carbocycles. The highest BCUT2D eigenvalue weighted by Crippen LogP contribution is 2.25. The molecule has 5 nitrogen and oxygen atoms in total. The highest BCUT2D eigenvalue weighted by molar-refractivity contribution is 5.79. The van der Waals surface area contributed by atoms with Crippen LogP contribution in [0.25, 0.3) is 11.0 Å². The van der Waals surface area contributed by atoms with E-state index in [1.165, 1.54) is 0 Å². The number of para-hydroxylation sites is 1. The summed E-state index contributed by atoms with van der Waals surface area (Å²) in [4.78, 5) is 22.2. The minimum absolute atomic E-state index is 0.0262. The van der Waals surface area contributed by atoms with Gasteiger partial charge in [0.25, 0.3) is 0 Å². The van der Waals surface area contributed by atoms with Gasteiger partial charge in [0.05, 0.1) is 17.1 Å². The number of aliphatic hydroxyl groups is 1. The summed E-state index contributed by atoms with van der Waals surface area (Å²) in [5, 5.41) is 9.74. The summed E-state index contributed by atoms with van der Waals surface area (Å²) < 4.78 is 0. The maximum atomic E-state index is 12.5. The first-order valence-corrected chi connectivity index (χ1v) is 8.42. The van der Waals surface area contributed by atoms with Gasteiger partial charge in [-0.05, 0) is 37.8 Å². The van der Waals surface area contributed by atoms with Crippen molar-refractivity contribution in [2.45, 2.75) is 45.1 Å². The van der Waals surface area contributed by atoms with Gasteiger partial charge in [-0.1, -0.05) is 18.6 Å². The zero-order valence-corrected chi connectivity index (χ0v) is 13.9. The van der Waals surface area contributed by atoms with Gasteiger partial charge in [-0.15, -0.1) is 0 Å². The Balaban J connectivity index is 1.60. The number of imidazole rings is 1. The van der Waals surface area contributed by atoms with E-state index >= 15 is 0 Å². The van der Waals surface area contributed by atoms with E-state index in [1.807, 2.05) is 19.2 Å². The van der Waals surface area contributed by atoms with E-state index in [1.54, 1.807) is 4.90 Å². The Morgan fingerprint density at radius 2 is 2.26 bits per heavy atom. The Morgan fingerprint density at radius 1 is 1.43 bits per heavy atom. The number of rotatable bonds is 4. The van der Waals surface area contributed by atoms with Gasteiger partial charge < -0.3 is 15.0 Å². The Morgan fingerprint density at radius 3 is 3.00 bits per heavy atom. The maximum absolute atomic E-state index is 12.5. The number of likely N-dealkylation sites (N-methyl/N-ethyl adjacent to an activating group) is 1. The van der Waals surface area contributed by atoms with Crippen molar-refractivity contribution >= 4 is 16.9 Å². The van der Waals surface area contributed by atoms with Crippen LogP contribution in [0.5, 0.6) is 0 Å². The van der Waals surface area contributed by atoms with Crippen LogP contribution in [0.4, 0.5) is 0 Å². The zero-order valence-electron chi connectivity index (χ0n) is 13.9. The minimum atomic E-state index is -0.315. The molecular formula is C18H25N3O2. The number of aromatic nitrogens is 2. The molecule has 2 N–H and O–H groups in total. The lowest BCUT2D eigenvalue weighted by Crippen LogP contribution is -2.37. The summed E-state index contributed by atoms with van der Waals surface area (Å²) in [5.41, 5.74) is 3.21. The molecule has 124 valence electrons. The third kappa shape index (κ3) is 3.55. The van der Waals surface area contributed by atoms with Gasteiger partial charge in [-0.3, -0.25) is 4.79 Å². The van der Waals surface area contributed by atoms with Gasteiger partial charge in [0.2, 0.25) is 5.91 Å². The van der Waals surface area contributed by atoms with Gasteiger partial charge in [0.1, 0.15) is 5.82 Å². The Kier molecular flexibility index (Phi) is 4.66. The van der Waals surface area contributed by atoms with Crippen molar-refractivity contribution in [3.05, 3.63) is 29.6 Å². The van der Waals surface area contributed by atoms with E-state index < -0.39 is 0 Å². The average molecular weight is 315 g/mol. The number of nitrogens with one attached hydrogen (secondary N) is 1. The van der Waals surface area contributed by atoms with Crippen LogP contribution in [0.2, 0.25) is 0 Å². The molecule has 1 aliphatic carbocycles. The molecule has 2 atom stereocenters. The van der Waals surface area contributed by atoms with Crippen LogP contribution >= 0.6 is 0 Å². The molecule has 0 saturated heterocycles. The van der Waals surface area contributed by atoms with Crippen LogP contribution < -0.4 is 0 Å². The van der Waals surface area contributed by atoms with Crippen LogP contribution in [-0.2, 0) is 11.2 Å². The van der Waals surface area contributed by atoms with Gasteiger partial charge >= 0.3 is 0 Å². The van der Waals surface area contributed by atoms with Crippen molar-refractivity contribution in [3.8, 4) is 0 Å². The molecule has 1 heterocycles. The Labute approximate surface area is 136 Å². The van der Waals surface area contributed by atoms with Crippen molar-refractivity contribution in [1.29, 1.82) is 0 Å². The molecular weight excluding hydrogens is 290 g/mol. The molecule has 1 amide bonds. The molecule has 1 fully saturated rings. The van der Waals surface area contributed by atoms with Crippen LogP contribution in [0, 0.1) is 12.8 Å². The number of nitrogens with zero attached hydrogens (tertiary/aromatic N) is 2. The summed E-state index contributed by atoms with van der Waals surface area (Å²) in [6.45, 7) is 2.70. The Hall–Kier alpha value is -1.88. The fourth-order valence-electron chi connectivity index (χ4n) is 3.43. The molecule has 3 rings (SSSR count). The van der Waals surface area contributed by atoms with E-state index in [-0.39, 0.29) is 17.9 Å². The first kappa shape index (κ1) is 16.0. The number of aliphatic hydroxyl groups excluding tert-OH is 1. The molecule has 1 aliphatic rings. The highest BCUT2D eigenvalue weighted by atomic mass is 16.3. The number of fused-ring (bicyclic) bond motifs is 1. The molecule has 23 heavy (non-hydrogen) atoms.